The van der Waals surface area contributed by atoms with Crippen LogP contribution < -0.4 is 5.32 Å². The van der Waals surface area contributed by atoms with E-state index in [9.17, 15) is 8.78 Å². The lowest BCUT2D eigenvalue weighted by molar-refractivity contribution is 0.506. The predicted molar refractivity (Wildman–Crippen MR) is 74.3 cm³/mol. The number of rotatable bonds is 3. The standard InChI is InChI=1S/C16H14F2N2/c1-10-3-4-12(9-19)7-16(10)20-11(2)13-5-6-14(17)15(18)8-13/h3-8,11,20H,1-2H3. The Labute approximate surface area is 116 Å². The van der Waals surface area contributed by atoms with Gasteiger partial charge < -0.3 is 5.32 Å². The lowest BCUT2D eigenvalue weighted by Crippen LogP contribution is -2.08. The molecule has 0 heterocycles. The zero-order valence-electron chi connectivity index (χ0n) is 11.2. The van der Waals surface area contributed by atoms with Crippen molar-refractivity contribution in [2.24, 2.45) is 0 Å². The smallest absolute Gasteiger partial charge is 0.159 e. The normalized spacial score (nSPS) is 11.8. The van der Waals surface area contributed by atoms with Crippen LogP contribution in [-0.2, 0) is 0 Å². The Morgan fingerprint density at radius 1 is 1.10 bits per heavy atom. The molecule has 4 heteroatoms. The molecule has 0 bridgehead atoms. The van der Waals surface area contributed by atoms with Gasteiger partial charge in [0.1, 0.15) is 0 Å². The summed E-state index contributed by atoms with van der Waals surface area (Å²) in [7, 11) is 0. The van der Waals surface area contributed by atoms with E-state index in [1.807, 2.05) is 19.9 Å². The van der Waals surface area contributed by atoms with Crippen LogP contribution in [0.5, 0.6) is 0 Å². The molecule has 20 heavy (non-hydrogen) atoms. The summed E-state index contributed by atoms with van der Waals surface area (Å²) in [5.41, 5.74) is 2.99. The first-order valence-corrected chi connectivity index (χ1v) is 6.23. The summed E-state index contributed by atoms with van der Waals surface area (Å²) in [5.74, 6) is -1.72. The number of nitriles is 1. The molecule has 0 spiro atoms. The van der Waals surface area contributed by atoms with Crippen LogP contribution in [0.1, 0.15) is 29.7 Å². The van der Waals surface area contributed by atoms with E-state index in [1.165, 1.54) is 6.07 Å². The number of hydrogen-bond acceptors (Lipinski definition) is 2. The van der Waals surface area contributed by atoms with Crippen molar-refractivity contribution in [3.05, 3.63) is 64.7 Å². The molecule has 0 saturated heterocycles. The second kappa shape index (κ2) is 5.70. The van der Waals surface area contributed by atoms with Crippen LogP contribution in [-0.4, -0.2) is 0 Å². The van der Waals surface area contributed by atoms with Crippen LogP contribution in [0.15, 0.2) is 36.4 Å². The minimum atomic E-state index is -0.862. The van der Waals surface area contributed by atoms with Gasteiger partial charge in [-0.2, -0.15) is 5.26 Å². The molecule has 2 aromatic carbocycles. The summed E-state index contributed by atoms with van der Waals surface area (Å²) in [5, 5.41) is 12.1. The fourth-order valence-corrected chi connectivity index (χ4v) is 1.95. The van der Waals surface area contributed by atoms with Gasteiger partial charge in [-0.15, -0.1) is 0 Å². The lowest BCUT2D eigenvalue weighted by atomic mass is 10.1. The highest BCUT2D eigenvalue weighted by atomic mass is 19.2. The number of anilines is 1. The summed E-state index contributed by atoms with van der Waals surface area (Å²) in [4.78, 5) is 0. The summed E-state index contributed by atoms with van der Waals surface area (Å²) in [6, 6.07) is 11.0. The minimum Gasteiger partial charge on any atom is -0.378 e. The summed E-state index contributed by atoms with van der Waals surface area (Å²) >= 11 is 0. The fourth-order valence-electron chi connectivity index (χ4n) is 1.95. The highest BCUT2D eigenvalue weighted by molar-refractivity contribution is 5.56. The number of halogens is 2. The van der Waals surface area contributed by atoms with Crippen LogP contribution in [0.2, 0.25) is 0 Å². The highest BCUT2D eigenvalue weighted by Crippen LogP contribution is 2.24. The van der Waals surface area contributed by atoms with Crippen LogP contribution >= 0.6 is 0 Å². The maximum absolute atomic E-state index is 13.2. The molecule has 2 aromatic rings. The second-order valence-electron chi connectivity index (χ2n) is 4.68. The number of nitrogens with one attached hydrogen (secondary N) is 1. The Morgan fingerprint density at radius 3 is 2.50 bits per heavy atom. The Hall–Kier alpha value is -2.41. The fraction of sp³-hybridized carbons (Fsp3) is 0.188. The molecule has 0 saturated carbocycles. The van der Waals surface area contributed by atoms with Crippen LogP contribution in [0.3, 0.4) is 0 Å². The molecule has 1 unspecified atom stereocenters. The molecule has 2 rings (SSSR count). The van der Waals surface area contributed by atoms with E-state index < -0.39 is 11.6 Å². The van der Waals surface area contributed by atoms with Crippen molar-refractivity contribution >= 4 is 5.69 Å². The van der Waals surface area contributed by atoms with Gasteiger partial charge in [-0.3, -0.25) is 0 Å². The summed E-state index contributed by atoms with van der Waals surface area (Å²) in [6.07, 6.45) is 0. The van der Waals surface area contributed by atoms with E-state index in [-0.39, 0.29) is 6.04 Å². The van der Waals surface area contributed by atoms with Gasteiger partial charge in [0.05, 0.1) is 11.6 Å². The van der Waals surface area contributed by atoms with Crippen molar-refractivity contribution in [3.63, 3.8) is 0 Å². The molecule has 0 fully saturated rings. The van der Waals surface area contributed by atoms with E-state index in [0.717, 1.165) is 17.3 Å². The third-order valence-electron chi connectivity index (χ3n) is 3.18. The van der Waals surface area contributed by atoms with Crippen molar-refractivity contribution in [1.29, 1.82) is 5.26 Å². The Morgan fingerprint density at radius 2 is 1.85 bits per heavy atom. The van der Waals surface area contributed by atoms with Crippen molar-refractivity contribution in [2.45, 2.75) is 19.9 Å². The van der Waals surface area contributed by atoms with Crippen LogP contribution in [0.25, 0.3) is 0 Å². The summed E-state index contributed by atoms with van der Waals surface area (Å²) in [6.45, 7) is 3.77. The van der Waals surface area contributed by atoms with Gasteiger partial charge in [0.2, 0.25) is 0 Å². The maximum atomic E-state index is 13.2. The molecule has 0 aromatic heterocycles. The Bertz CT molecular complexity index is 675. The van der Waals surface area contributed by atoms with Gasteiger partial charge in [0.25, 0.3) is 0 Å². The van der Waals surface area contributed by atoms with E-state index in [2.05, 4.69) is 11.4 Å². The second-order valence-corrected chi connectivity index (χ2v) is 4.68. The minimum absolute atomic E-state index is 0.197. The maximum Gasteiger partial charge on any atom is 0.159 e. The molecular weight excluding hydrogens is 258 g/mol. The van der Waals surface area contributed by atoms with E-state index >= 15 is 0 Å². The quantitative estimate of drug-likeness (QED) is 0.903. The van der Waals surface area contributed by atoms with Gasteiger partial charge in [0, 0.05) is 11.7 Å². The van der Waals surface area contributed by atoms with E-state index in [0.29, 0.717) is 11.1 Å². The first kappa shape index (κ1) is 14.0. The van der Waals surface area contributed by atoms with Gasteiger partial charge in [0.15, 0.2) is 11.6 Å². The monoisotopic (exact) mass is 272 g/mol. The first-order chi connectivity index (χ1) is 9.51. The average molecular weight is 272 g/mol. The van der Waals surface area contributed by atoms with Gasteiger partial charge in [-0.25, -0.2) is 8.78 Å². The van der Waals surface area contributed by atoms with Gasteiger partial charge >= 0.3 is 0 Å². The largest absolute Gasteiger partial charge is 0.378 e. The Kier molecular flexibility index (Phi) is 3.99. The molecule has 1 N–H and O–H groups in total. The zero-order valence-corrected chi connectivity index (χ0v) is 11.2. The highest BCUT2D eigenvalue weighted by Gasteiger charge is 2.10. The van der Waals surface area contributed by atoms with Crippen molar-refractivity contribution in [1.82, 2.24) is 0 Å². The molecule has 0 radical (unpaired) electrons. The van der Waals surface area contributed by atoms with Crippen LogP contribution in [0, 0.1) is 29.9 Å². The number of nitrogens with zero attached hydrogens (tertiary/aromatic N) is 1. The molecule has 0 aliphatic carbocycles. The number of hydrogen-bond donors (Lipinski definition) is 1. The molecule has 1 atom stereocenters. The average Bonchev–Trinajstić information content (AvgIpc) is 2.44. The topological polar surface area (TPSA) is 35.8 Å². The third-order valence-corrected chi connectivity index (χ3v) is 3.18. The van der Waals surface area contributed by atoms with Crippen molar-refractivity contribution in [3.8, 4) is 6.07 Å². The molecule has 0 aliphatic rings. The van der Waals surface area contributed by atoms with Crippen molar-refractivity contribution in [2.75, 3.05) is 5.32 Å². The van der Waals surface area contributed by atoms with Gasteiger partial charge in [-0.1, -0.05) is 12.1 Å². The Balaban J connectivity index is 2.25. The molecular formula is C16H14F2N2. The summed E-state index contributed by atoms with van der Waals surface area (Å²) < 4.78 is 26.2. The first-order valence-electron chi connectivity index (χ1n) is 6.23. The van der Waals surface area contributed by atoms with Crippen LogP contribution in [0.4, 0.5) is 14.5 Å². The van der Waals surface area contributed by atoms with Crippen molar-refractivity contribution < 1.29 is 8.78 Å². The van der Waals surface area contributed by atoms with E-state index in [4.69, 9.17) is 5.26 Å². The molecule has 2 nitrogen and oxygen atoms in total. The number of benzene rings is 2. The SMILES string of the molecule is Cc1ccc(C#N)cc1NC(C)c1ccc(F)c(F)c1. The predicted octanol–water partition coefficient (Wildman–Crippen LogP) is 4.32. The van der Waals surface area contributed by atoms with E-state index in [1.54, 1.807) is 18.2 Å². The third kappa shape index (κ3) is 2.94. The molecule has 102 valence electrons. The molecule has 0 amide bonds. The zero-order chi connectivity index (χ0) is 14.7. The number of aryl methyl sites for hydroxylation is 1. The molecule has 0 aliphatic heterocycles. The van der Waals surface area contributed by atoms with Gasteiger partial charge in [-0.05, 0) is 49.2 Å². The lowest BCUT2D eigenvalue weighted by Gasteiger charge is -2.18.